The lowest BCUT2D eigenvalue weighted by atomic mass is 9.96. The minimum absolute atomic E-state index is 0.105. The Labute approximate surface area is 219 Å². The van der Waals surface area contributed by atoms with Crippen LogP contribution in [0.3, 0.4) is 0 Å². The van der Waals surface area contributed by atoms with Gasteiger partial charge in [0.15, 0.2) is 0 Å². The molecule has 2 fully saturated rings. The molecule has 0 radical (unpaired) electrons. The van der Waals surface area contributed by atoms with Crippen LogP contribution in [0.1, 0.15) is 35.2 Å². The average molecular weight is 516 g/mol. The number of amides is 1. The number of aryl methyl sites for hydroxylation is 1. The highest BCUT2D eigenvalue weighted by atomic mass is 35.5. The molecule has 2 saturated heterocycles. The van der Waals surface area contributed by atoms with Gasteiger partial charge in [-0.15, -0.1) is 10.2 Å². The molecule has 2 aliphatic heterocycles. The molecule has 8 heteroatoms. The van der Waals surface area contributed by atoms with Crippen LogP contribution in [0.5, 0.6) is 0 Å². The van der Waals surface area contributed by atoms with Gasteiger partial charge < -0.3 is 16.0 Å². The molecular weight excluding hydrogens is 489 g/mol. The van der Waals surface area contributed by atoms with E-state index in [0.29, 0.717) is 10.6 Å². The Morgan fingerprint density at radius 1 is 1.05 bits per heavy atom. The topological polar surface area (TPSA) is 84.1 Å². The smallest absolute Gasteiger partial charge is 0.248 e. The summed E-state index contributed by atoms with van der Waals surface area (Å²) < 4.78 is 14.4. The SMILES string of the molecule is Cc1cc(Cl)cc(-c2nnc3ccc(-c4cc(F)cc(C(N)=O)c4)cc3c2N2CCC3(CCCN3)C2)c1. The lowest BCUT2D eigenvalue weighted by Gasteiger charge is -2.27. The van der Waals surface area contributed by atoms with Gasteiger partial charge in [-0.2, -0.15) is 0 Å². The van der Waals surface area contributed by atoms with E-state index >= 15 is 0 Å². The van der Waals surface area contributed by atoms with Crippen LogP contribution in [0.25, 0.3) is 33.3 Å². The number of carbonyl (C=O) groups excluding carboxylic acids is 1. The number of rotatable bonds is 4. The van der Waals surface area contributed by atoms with Gasteiger partial charge in [0.2, 0.25) is 5.91 Å². The molecule has 0 aliphatic carbocycles. The first-order chi connectivity index (χ1) is 17.8. The number of carbonyl (C=O) groups is 1. The van der Waals surface area contributed by atoms with Crippen LogP contribution in [0.4, 0.5) is 10.1 Å². The van der Waals surface area contributed by atoms with Crippen molar-refractivity contribution in [2.45, 2.75) is 31.7 Å². The molecule has 3 heterocycles. The predicted octanol–water partition coefficient (Wildman–Crippen LogP) is 5.50. The third-order valence-electron chi connectivity index (χ3n) is 7.57. The van der Waals surface area contributed by atoms with Crippen LogP contribution in [0.2, 0.25) is 5.02 Å². The molecule has 1 amide bonds. The normalized spacial score (nSPS) is 19.3. The Bertz CT molecular complexity index is 1530. The first-order valence-corrected chi connectivity index (χ1v) is 12.9. The van der Waals surface area contributed by atoms with Gasteiger partial charge in [0.25, 0.3) is 0 Å². The Balaban J connectivity index is 1.56. The van der Waals surface area contributed by atoms with Crippen LogP contribution >= 0.6 is 11.6 Å². The summed E-state index contributed by atoms with van der Waals surface area (Å²) in [7, 11) is 0. The van der Waals surface area contributed by atoms with Crippen molar-refractivity contribution >= 4 is 34.1 Å². The minimum Gasteiger partial charge on any atom is -0.367 e. The van der Waals surface area contributed by atoms with Crippen molar-refractivity contribution in [2.75, 3.05) is 24.5 Å². The van der Waals surface area contributed by atoms with Gasteiger partial charge in [-0.05, 0) is 98.0 Å². The highest BCUT2D eigenvalue weighted by Crippen LogP contribution is 2.42. The molecule has 188 valence electrons. The molecular formula is C29H27ClFN5O. The Kier molecular flexibility index (Phi) is 5.85. The first-order valence-electron chi connectivity index (χ1n) is 12.5. The zero-order chi connectivity index (χ0) is 25.7. The number of benzene rings is 3. The molecule has 2 aliphatic rings. The molecule has 3 aromatic carbocycles. The molecule has 4 aromatic rings. The summed E-state index contributed by atoms with van der Waals surface area (Å²) in [6.45, 7) is 4.80. The number of hydrogen-bond donors (Lipinski definition) is 2. The Morgan fingerprint density at radius 3 is 2.68 bits per heavy atom. The highest BCUT2D eigenvalue weighted by Gasteiger charge is 2.41. The molecule has 0 saturated carbocycles. The molecule has 6 rings (SSSR count). The van der Waals surface area contributed by atoms with E-state index in [0.717, 1.165) is 77.5 Å². The summed E-state index contributed by atoms with van der Waals surface area (Å²) in [4.78, 5) is 14.2. The zero-order valence-corrected chi connectivity index (χ0v) is 21.3. The number of fused-ring (bicyclic) bond motifs is 1. The lowest BCUT2D eigenvalue weighted by molar-refractivity contribution is 0.1000. The molecule has 1 spiro atoms. The van der Waals surface area contributed by atoms with Crippen molar-refractivity contribution in [3.63, 3.8) is 0 Å². The van der Waals surface area contributed by atoms with Crippen LogP contribution in [-0.2, 0) is 0 Å². The van der Waals surface area contributed by atoms with Crippen molar-refractivity contribution in [2.24, 2.45) is 5.73 Å². The summed E-state index contributed by atoms with van der Waals surface area (Å²) in [6.07, 6.45) is 3.38. The first kappa shape index (κ1) is 23.8. The van der Waals surface area contributed by atoms with E-state index in [9.17, 15) is 9.18 Å². The zero-order valence-electron chi connectivity index (χ0n) is 20.5. The number of nitrogens with two attached hydrogens (primary N) is 1. The number of aromatic nitrogens is 2. The molecule has 6 nitrogen and oxygen atoms in total. The number of anilines is 1. The number of nitrogens with one attached hydrogen (secondary N) is 1. The van der Waals surface area contributed by atoms with E-state index in [1.165, 1.54) is 12.5 Å². The van der Waals surface area contributed by atoms with Crippen molar-refractivity contribution < 1.29 is 9.18 Å². The third-order valence-corrected chi connectivity index (χ3v) is 7.79. The van der Waals surface area contributed by atoms with Gasteiger partial charge in [0.1, 0.15) is 11.5 Å². The summed E-state index contributed by atoms with van der Waals surface area (Å²) in [6, 6.07) is 15.9. The van der Waals surface area contributed by atoms with Gasteiger partial charge in [-0.1, -0.05) is 17.7 Å². The average Bonchev–Trinajstić information content (AvgIpc) is 3.51. The fourth-order valence-corrected chi connectivity index (χ4v) is 6.13. The Hall–Kier alpha value is -3.55. The van der Waals surface area contributed by atoms with E-state index < -0.39 is 11.7 Å². The van der Waals surface area contributed by atoms with Gasteiger partial charge in [-0.25, -0.2) is 4.39 Å². The second-order valence-electron chi connectivity index (χ2n) is 10.2. The minimum atomic E-state index is -0.668. The van der Waals surface area contributed by atoms with E-state index in [4.69, 9.17) is 17.3 Å². The molecule has 3 N–H and O–H groups in total. The monoisotopic (exact) mass is 515 g/mol. The van der Waals surface area contributed by atoms with Gasteiger partial charge in [-0.3, -0.25) is 4.79 Å². The Morgan fingerprint density at radius 2 is 1.92 bits per heavy atom. The standard InChI is InChI=1S/C29H27ClFN5O/c1-17-9-20(12-22(30)10-17)26-27(36-8-6-29(16-36)5-2-7-33-29)24-15-18(3-4-25(24)34-35-26)19-11-21(28(32)37)14-23(31)13-19/h3-4,9-15,33H,2,5-8,16H2,1H3,(H2,32,37). The van der Waals surface area contributed by atoms with Crippen LogP contribution in [0, 0.1) is 12.7 Å². The lowest BCUT2D eigenvalue weighted by Crippen LogP contribution is -2.42. The maximum atomic E-state index is 14.4. The van der Waals surface area contributed by atoms with E-state index in [-0.39, 0.29) is 11.1 Å². The van der Waals surface area contributed by atoms with Gasteiger partial charge >= 0.3 is 0 Å². The van der Waals surface area contributed by atoms with E-state index in [2.05, 4.69) is 26.5 Å². The maximum absolute atomic E-state index is 14.4. The summed E-state index contributed by atoms with van der Waals surface area (Å²) in [5.74, 6) is -1.18. The summed E-state index contributed by atoms with van der Waals surface area (Å²) >= 11 is 6.44. The molecule has 37 heavy (non-hydrogen) atoms. The van der Waals surface area contributed by atoms with Gasteiger partial charge in [0, 0.05) is 40.2 Å². The largest absolute Gasteiger partial charge is 0.367 e. The number of nitrogens with zero attached hydrogens (tertiary/aromatic N) is 3. The number of primary amides is 1. The molecule has 1 unspecified atom stereocenters. The number of halogens is 2. The van der Waals surface area contributed by atoms with E-state index in [1.54, 1.807) is 6.07 Å². The number of hydrogen-bond acceptors (Lipinski definition) is 5. The third kappa shape index (κ3) is 4.43. The quantitative estimate of drug-likeness (QED) is 0.375. The van der Waals surface area contributed by atoms with Gasteiger partial charge in [0.05, 0.1) is 11.2 Å². The second-order valence-corrected chi connectivity index (χ2v) is 10.7. The summed E-state index contributed by atoms with van der Waals surface area (Å²) in [5.41, 5.74) is 11.5. The second kappa shape index (κ2) is 9.08. The molecule has 1 atom stereocenters. The van der Waals surface area contributed by atoms with Crippen LogP contribution < -0.4 is 16.0 Å². The van der Waals surface area contributed by atoms with Crippen molar-refractivity contribution in [1.29, 1.82) is 0 Å². The molecule has 0 bridgehead atoms. The van der Waals surface area contributed by atoms with Crippen molar-refractivity contribution in [3.8, 4) is 22.4 Å². The maximum Gasteiger partial charge on any atom is 0.248 e. The highest BCUT2D eigenvalue weighted by molar-refractivity contribution is 6.31. The van der Waals surface area contributed by atoms with E-state index in [1.807, 2.05) is 37.3 Å². The van der Waals surface area contributed by atoms with Crippen molar-refractivity contribution in [1.82, 2.24) is 15.5 Å². The van der Waals surface area contributed by atoms with Crippen LogP contribution in [0.15, 0.2) is 54.6 Å². The predicted molar refractivity (Wildman–Crippen MR) is 145 cm³/mol. The summed E-state index contributed by atoms with van der Waals surface area (Å²) in [5, 5.41) is 14.5. The fourth-order valence-electron chi connectivity index (χ4n) is 5.84. The molecule has 1 aromatic heterocycles. The van der Waals surface area contributed by atoms with Crippen molar-refractivity contribution in [3.05, 3.63) is 76.6 Å². The fraction of sp³-hybridized carbons (Fsp3) is 0.276. The van der Waals surface area contributed by atoms with Crippen LogP contribution in [-0.4, -0.2) is 41.3 Å².